The second-order valence-corrected chi connectivity index (χ2v) is 6.21. The number of aryl methyl sites for hydroxylation is 1. The first-order valence-corrected chi connectivity index (χ1v) is 8.59. The molecule has 2 aromatic rings. The fourth-order valence-corrected chi connectivity index (χ4v) is 2.86. The number of nitrogens with one attached hydrogen (secondary N) is 2. The van der Waals surface area contributed by atoms with E-state index in [1.807, 2.05) is 0 Å². The normalized spacial score (nSPS) is 13.8. The third-order valence-electron chi connectivity index (χ3n) is 4.31. The molecular formula is C18H20FN5O3. The number of benzene rings is 1. The molecule has 1 aromatic carbocycles. The van der Waals surface area contributed by atoms with Gasteiger partial charge in [-0.2, -0.15) is 0 Å². The van der Waals surface area contributed by atoms with Crippen LogP contribution in [0.15, 0.2) is 30.6 Å². The topological polar surface area (TPSA) is 96.3 Å². The van der Waals surface area contributed by atoms with Crippen LogP contribution in [0, 0.1) is 12.7 Å². The molecule has 1 aliphatic heterocycles. The number of nitrogens with zero attached hydrogens (tertiary/aromatic N) is 3. The van der Waals surface area contributed by atoms with E-state index in [0.29, 0.717) is 23.5 Å². The van der Waals surface area contributed by atoms with Gasteiger partial charge in [0.25, 0.3) is 0 Å². The van der Waals surface area contributed by atoms with Crippen LogP contribution < -0.4 is 10.6 Å². The molecule has 2 heterocycles. The zero-order chi connectivity index (χ0) is 19.4. The highest BCUT2D eigenvalue weighted by Crippen LogP contribution is 2.16. The largest absolute Gasteiger partial charge is 0.352 e. The van der Waals surface area contributed by atoms with E-state index < -0.39 is 11.8 Å². The Labute approximate surface area is 155 Å². The molecule has 1 saturated heterocycles. The number of amides is 4. The van der Waals surface area contributed by atoms with Crippen LogP contribution in [0.3, 0.4) is 0 Å². The van der Waals surface area contributed by atoms with E-state index in [0.717, 1.165) is 4.90 Å². The minimum Gasteiger partial charge on any atom is -0.352 e. The van der Waals surface area contributed by atoms with Crippen LogP contribution in [0.1, 0.15) is 24.2 Å². The predicted octanol–water partition coefficient (Wildman–Crippen LogP) is 1.27. The molecule has 0 bridgehead atoms. The zero-order valence-corrected chi connectivity index (χ0v) is 14.9. The summed E-state index contributed by atoms with van der Waals surface area (Å²) < 4.78 is 16.0. The SMILES string of the molecule is Cc1nccn1-c1ccc(CNC(=O)CCCN2C(=O)CNC2=O)cc1F. The van der Waals surface area contributed by atoms with Crippen LogP contribution in [0.5, 0.6) is 0 Å². The minimum absolute atomic E-state index is 0.00515. The summed E-state index contributed by atoms with van der Waals surface area (Å²) in [7, 11) is 0. The van der Waals surface area contributed by atoms with E-state index in [1.54, 1.807) is 36.0 Å². The molecule has 1 aromatic heterocycles. The number of urea groups is 1. The fourth-order valence-electron chi connectivity index (χ4n) is 2.86. The molecule has 0 aliphatic carbocycles. The number of aromatic nitrogens is 2. The Kier molecular flexibility index (Phi) is 5.49. The molecule has 0 saturated carbocycles. The second-order valence-electron chi connectivity index (χ2n) is 6.21. The summed E-state index contributed by atoms with van der Waals surface area (Å²) in [6, 6.07) is 4.33. The molecule has 0 spiro atoms. The third-order valence-corrected chi connectivity index (χ3v) is 4.31. The number of rotatable bonds is 7. The minimum atomic E-state index is -0.427. The Hall–Kier alpha value is -3.23. The Morgan fingerprint density at radius 2 is 2.19 bits per heavy atom. The van der Waals surface area contributed by atoms with E-state index in [-0.39, 0.29) is 37.9 Å². The molecule has 27 heavy (non-hydrogen) atoms. The number of hydrogen-bond donors (Lipinski definition) is 2. The average Bonchev–Trinajstić information content (AvgIpc) is 3.20. The average molecular weight is 373 g/mol. The van der Waals surface area contributed by atoms with Crippen molar-refractivity contribution in [2.45, 2.75) is 26.3 Å². The van der Waals surface area contributed by atoms with Crippen molar-refractivity contribution in [3.8, 4) is 5.69 Å². The van der Waals surface area contributed by atoms with E-state index in [9.17, 15) is 18.8 Å². The molecule has 0 radical (unpaired) electrons. The number of hydrogen-bond acceptors (Lipinski definition) is 4. The van der Waals surface area contributed by atoms with Crippen molar-refractivity contribution in [2.24, 2.45) is 0 Å². The molecule has 2 N–H and O–H groups in total. The van der Waals surface area contributed by atoms with Gasteiger partial charge in [0.2, 0.25) is 11.8 Å². The maximum Gasteiger partial charge on any atom is 0.324 e. The maximum atomic E-state index is 14.3. The van der Waals surface area contributed by atoms with Gasteiger partial charge in [-0.3, -0.25) is 14.5 Å². The van der Waals surface area contributed by atoms with E-state index in [1.165, 1.54) is 6.07 Å². The van der Waals surface area contributed by atoms with E-state index >= 15 is 0 Å². The Balaban J connectivity index is 1.47. The number of halogens is 1. The van der Waals surface area contributed by atoms with Gasteiger partial charge < -0.3 is 15.2 Å². The van der Waals surface area contributed by atoms with Crippen molar-refractivity contribution in [3.63, 3.8) is 0 Å². The van der Waals surface area contributed by atoms with Crippen LogP contribution in [0.2, 0.25) is 0 Å². The van der Waals surface area contributed by atoms with Crippen molar-refractivity contribution in [3.05, 3.63) is 47.8 Å². The molecule has 1 aliphatic rings. The third kappa shape index (κ3) is 4.30. The highest BCUT2D eigenvalue weighted by molar-refractivity contribution is 6.01. The van der Waals surface area contributed by atoms with Gasteiger partial charge in [0.15, 0.2) is 0 Å². The summed E-state index contributed by atoms with van der Waals surface area (Å²) in [6.07, 6.45) is 3.83. The van der Waals surface area contributed by atoms with Gasteiger partial charge in [-0.05, 0) is 31.0 Å². The van der Waals surface area contributed by atoms with Gasteiger partial charge in [-0.25, -0.2) is 14.2 Å². The molecular weight excluding hydrogens is 353 g/mol. The van der Waals surface area contributed by atoms with Gasteiger partial charge in [0, 0.05) is 31.9 Å². The second kappa shape index (κ2) is 7.98. The van der Waals surface area contributed by atoms with Gasteiger partial charge in [-0.15, -0.1) is 0 Å². The van der Waals surface area contributed by atoms with Crippen LogP contribution >= 0.6 is 0 Å². The number of carbonyl (C=O) groups is 3. The summed E-state index contributed by atoms with van der Waals surface area (Å²) in [5.74, 6) is -0.234. The molecule has 142 valence electrons. The molecule has 0 atom stereocenters. The molecule has 4 amide bonds. The van der Waals surface area contributed by atoms with Crippen molar-refractivity contribution in [2.75, 3.05) is 13.1 Å². The summed E-state index contributed by atoms with van der Waals surface area (Å²) in [6.45, 7) is 2.19. The monoisotopic (exact) mass is 373 g/mol. The molecule has 1 fully saturated rings. The van der Waals surface area contributed by atoms with Crippen molar-refractivity contribution in [1.29, 1.82) is 0 Å². The first-order chi connectivity index (χ1) is 13.0. The van der Waals surface area contributed by atoms with Gasteiger partial charge in [0.1, 0.15) is 11.6 Å². The standard InChI is InChI=1S/C18H20FN5O3/c1-12-20-6-8-23(12)15-5-4-13(9-14(15)19)10-21-16(25)3-2-7-24-17(26)11-22-18(24)27/h4-6,8-9H,2-3,7,10-11H2,1H3,(H,21,25)(H,22,27). The van der Waals surface area contributed by atoms with Crippen molar-refractivity contribution < 1.29 is 18.8 Å². The van der Waals surface area contributed by atoms with Crippen LogP contribution in [0.25, 0.3) is 5.69 Å². The van der Waals surface area contributed by atoms with Crippen molar-refractivity contribution in [1.82, 2.24) is 25.1 Å². The predicted molar refractivity (Wildman–Crippen MR) is 94.5 cm³/mol. The summed E-state index contributed by atoms with van der Waals surface area (Å²) >= 11 is 0. The lowest BCUT2D eigenvalue weighted by Gasteiger charge is -2.12. The van der Waals surface area contributed by atoms with Crippen molar-refractivity contribution >= 4 is 17.8 Å². The highest BCUT2D eigenvalue weighted by Gasteiger charge is 2.27. The van der Waals surface area contributed by atoms with E-state index in [4.69, 9.17) is 0 Å². The zero-order valence-electron chi connectivity index (χ0n) is 14.9. The summed E-state index contributed by atoms with van der Waals surface area (Å²) in [5, 5.41) is 5.13. The Morgan fingerprint density at radius 3 is 2.81 bits per heavy atom. The van der Waals surface area contributed by atoms with Crippen LogP contribution in [-0.2, 0) is 16.1 Å². The summed E-state index contributed by atoms with van der Waals surface area (Å²) in [4.78, 5) is 39.9. The smallest absolute Gasteiger partial charge is 0.324 e. The quantitative estimate of drug-likeness (QED) is 0.715. The maximum absolute atomic E-state index is 14.3. The molecule has 3 rings (SSSR count). The van der Waals surface area contributed by atoms with Gasteiger partial charge >= 0.3 is 6.03 Å². The lowest BCUT2D eigenvalue weighted by Crippen LogP contribution is -2.32. The fraction of sp³-hybridized carbons (Fsp3) is 0.333. The van der Waals surface area contributed by atoms with Crippen LogP contribution in [-0.4, -0.2) is 45.4 Å². The lowest BCUT2D eigenvalue weighted by molar-refractivity contribution is -0.126. The first kappa shape index (κ1) is 18.6. The lowest BCUT2D eigenvalue weighted by atomic mass is 10.2. The molecule has 9 heteroatoms. The Morgan fingerprint density at radius 1 is 1.37 bits per heavy atom. The molecule has 0 unspecified atom stereocenters. The number of carbonyl (C=O) groups excluding carboxylic acids is 3. The highest BCUT2D eigenvalue weighted by atomic mass is 19.1. The number of imide groups is 1. The van der Waals surface area contributed by atoms with Gasteiger partial charge in [0.05, 0.1) is 12.2 Å². The van der Waals surface area contributed by atoms with Crippen LogP contribution in [0.4, 0.5) is 9.18 Å². The number of imidazole rings is 1. The summed E-state index contributed by atoms with van der Waals surface area (Å²) in [5.41, 5.74) is 1.03. The first-order valence-electron chi connectivity index (χ1n) is 8.59. The van der Waals surface area contributed by atoms with E-state index in [2.05, 4.69) is 15.6 Å². The Bertz CT molecular complexity index is 864. The van der Waals surface area contributed by atoms with Gasteiger partial charge in [-0.1, -0.05) is 6.07 Å². The molecule has 8 nitrogen and oxygen atoms in total.